The summed E-state index contributed by atoms with van der Waals surface area (Å²) in [7, 11) is 1.44. The fourth-order valence-electron chi connectivity index (χ4n) is 3.52. The molecule has 2 aliphatic heterocycles. The fraction of sp³-hybridized carbons (Fsp3) is 0.562. The summed E-state index contributed by atoms with van der Waals surface area (Å²) in [6.07, 6.45) is 4.43. The highest BCUT2D eigenvalue weighted by molar-refractivity contribution is 9.10. The van der Waals surface area contributed by atoms with Crippen molar-refractivity contribution in [1.82, 2.24) is 0 Å². The molecule has 0 aromatic heterocycles. The van der Waals surface area contributed by atoms with E-state index in [0.29, 0.717) is 13.0 Å². The van der Waals surface area contributed by atoms with E-state index < -0.39 is 0 Å². The number of carbonyl (C=O) groups excluding carboxylic acids is 1. The average Bonchev–Trinajstić information content (AvgIpc) is 2.49. The van der Waals surface area contributed by atoms with E-state index in [1.165, 1.54) is 12.7 Å². The molecule has 4 heteroatoms. The molecule has 2 saturated heterocycles. The maximum absolute atomic E-state index is 11.5. The number of ether oxygens (including phenoxy) is 2. The quantitative estimate of drug-likeness (QED) is 0.790. The third-order valence-electron chi connectivity index (χ3n) is 4.90. The van der Waals surface area contributed by atoms with Gasteiger partial charge in [-0.15, -0.1) is 0 Å². The molecule has 0 radical (unpaired) electrons. The summed E-state index contributed by atoms with van der Waals surface area (Å²) in [5, 5.41) is 0. The Morgan fingerprint density at radius 3 is 2.65 bits per heavy atom. The third-order valence-corrected chi connectivity index (χ3v) is 5.40. The highest BCUT2D eigenvalue weighted by Crippen LogP contribution is 2.51. The van der Waals surface area contributed by atoms with Crippen LogP contribution in [-0.2, 0) is 19.7 Å². The number of carbonyl (C=O) groups is 1. The Kier molecular flexibility index (Phi) is 3.63. The zero-order chi connectivity index (χ0) is 14.2. The molecular weight excluding hydrogens is 320 g/mol. The van der Waals surface area contributed by atoms with Crippen molar-refractivity contribution in [2.45, 2.75) is 43.1 Å². The van der Waals surface area contributed by atoms with Crippen LogP contribution in [0.25, 0.3) is 0 Å². The molecule has 4 rings (SSSR count). The summed E-state index contributed by atoms with van der Waals surface area (Å²) in [4.78, 5) is 11.5. The lowest BCUT2D eigenvalue weighted by molar-refractivity contribution is -0.176. The molecule has 1 aliphatic carbocycles. The number of hydrogen-bond donors (Lipinski definition) is 0. The molecule has 0 unspecified atom stereocenters. The second-order valence-electron chi connectivity index (χ2n) is 6.02. The van der Waals surface area contributed by atoms with Gasteiger partial charge in [-0.3, -0.25) is 4.79 Å². The smallest absolute Gasteiger partial charge is 0.308 e. The molecule has 20 heavy (non-hydrogen) atoms. The van der Waals surface area contributed by atoms with Crippen LogP contribution in [0, 0.1) is 0 Å². The predicted molar refractivity (Wildman–Crippen MR) is 79.6 cm³/mol. The first-order valence-electron chi connectivity index (χ1n) is 7.04. The Balaban J connectivity index is 1.78. The summed E-state index contributed by atoms with van der Waals surface area (Å²) in [6.45, 7) is 0.709. The van der Waals surface area contributed by atoms with Crippen LogP contribution in [-0.4, -0.2) is 25.3 Å². The van der Waals surface area contributed by atoms with Crippen molar-refractivity contribution in [3.05, 3.63) is 34.3 Å². The van der Waals surface area contributed by atoms with Gasteiger partial charge in [-0.1, -0.05) is 28.1 Å². The van der Waals surface area contributed by atoms with Crippen LogP contribution in [0.4, 0.5) is 0 Å². The first-order chi connectivity index (χ1) is 9.57. The maximum atomic E-state index is 11.5. The number of benzene rings is 1. The molecule has 108 valence electrons. The molecule has 2 heterocycles. The van der Waals surface area contributed by atoms with E-state index in [1.807, 2.05) is 6.07 Å². The Bertz CT molecular complexity index is 502. The van der Waals surface area contributed by atoms with Gasteiger partial charge in [0.2, 0.25) is 0 Å². The van der Waals surface area contributed by atoms with E-state index in [4.69, 9.17) is 9.47 Å². The topological polar surface area (TPSA) is 35.5 Å². The lowest BCUT2D eigenvalue weighted by Crippen LogP contribution is -2.54. The summed E-state index contributed by atoms with van der Waals surface area (Å²) < 4.78 is 12.0. The average molecular weight is 339 g/mol. The molecule has 0 amide bonds. The van der Waals surface area contributed by atoms with E-state index in [2.05, 4.69) is 34.1 Å². The van der Waals surface area contributed by atoms with Gasteiger partial charge in [0, 0.05) is 9.89 Å². The summed E-state index contributed by atoms with van der Waals surface area (Å²) >= 11 is 3.55. The third kappa shape index (κ3) is 2.40. The summed E-state index contributed by atoms with van der Waals surface area (Å²) in [5.41, 5.74) is 1.20. The Morgan fingerprint density at radius 2 is 2.10 bits per heavy atom. The van der Waals surface area contributed by atoms with Crippen LogP contribution in [0.3, 0.4) is 0 Å². The molecule has 3 aliphatic rings. The van der Waals surface area contributed by atoms with Crippen molar-refractivity contribution in [2.24, 2.45) is 0 Å². The standard InChI is InChI=1S/C16H19BrO3/c1-19-14(18)10-16-7-5-15(6-8-16,11-20-16)12-3-2-4-13(17)9-12/h2-4,9H,5-8,10-11H2,1H3. The molecule has 0 spiro atoms. The van der Waals surface area contributed by atoms with Crippen molar-refractivity contribution in [2.75, 3.05) is 13.7 Å². The predicted octanol–water partition coefficient (Wildman–Crippen LogP) is 3.59. The van der Waals surface area contributed by atoms with Gasteiger partial charge >= 0.3 is 5.97 Å². The van der Waals surface area contributed by atoms with Gasteiger partial charge in [0.05, 0.1) is 25.7 Å². The lowest BCUT2D eigenvalue weighted by atomic mass is 9.62. The molecule has 3 fully saturated rings. The molecule has 0 N–H and O–H groups in total. The molecular formula is C16H19BrO3. The van der Waals surface area contributed by atoms with Gasteiger partial charge < -0.3 is 9.47 Å². The highest BCUT2D eigenvalue weighted by atomic mass is 79.9. The van der Waals surface area contributed by atoms with Crippen molar-refractivity contribution in [3.63, 3.8) is 0 Å². The van der Waals surface area contributed by atoms with E-state index in [-0.39, 0.29) is 17.0 Å². The van der Waals surface area contributed by atoms with Gasteiger partial charge in [-0.05, 0) is 43.4 Å². The first-order valence-corrected chi connectivity index (χ1v) is 7.84. The lowest BCUT2D eigenvalue weighted by Gasteiger charge is -2.53. The molecule has 3 nitrogen and oxygen atoms in total. The molecule has 1 saturated carbocycles. The summed E-state index contributed by atoms with van der Waals surface area (Å²) in [6, 6.07) is 8.52. The Hall–Kier alpha value is -0.870. The van der Waals surface area contributed by atoms with Crippen molar-refractivity contribution in [3.8, 4) is 0 Å². The molecule has 0 atom stereocenters. The first kappa shape index (κ1) is 14.1. The van der Waals surface area contributed by atoms with Gasteiger partial charge in [0.15, 0.2) is 0 Å². The molecule has 1 aromatic carbocycles. The second-order valence-corrected chi connectivity index (χ2v) is 6.93. The number of rotatable bonds is 3. The van der Waals surface area contributed by atoms with Crippen molar-refractivity contribution in [1.29, 1.82) is 0 Å². The van der Waals surface area contributed by atoms with E-state index >= 15 is 0 Å². The van der Waals surface area contributed by atoms with Gasteiger partial charge in [-0.25, -0.2) is 0 Å². The van der Waals surface area contributed by atoms with Gasteiger partial charge in [0.1, 0.15) is 0 Å². The van der Waals surface area contributed by atoms with E-state index in [0.717, 1.165) is 30.2 Å². The SMILES string of the molecule is COC(=O)CC12CCC(c3cccc(Br)c3)(CC1)CO2. The Labute approximate surface area is 127 Å². The summed E-state index contributed by atoms with van der Waals surface area (Å²) in [5.74, 6) is -0.165. The van der Waals surface area contributed by atoms with E-state index in [1.54, 1.807) is 0 Å². The number of methoxy groups -OCH3 is 1. The zero-order valence-corrected chi connectivity index (χ0v) is 13.2. The molecule has 2 bridgehead atoms. The van der Waals surface area contributed by atoms with Crippen LogP contribution in [0.5, 0.6) is 0 Å². The number of hydrogen-bond acceptors (Lipinski definition) is 3. The second kappa shape index (κ2) is 5.15. The number of fused-ring (bicyclic) bond motifs is 3. The van der Waals surface area contributed by atoms with Crippen molar-refractivity contribution < 1.29 is 14.3 Å². The molecule has 1 aromatic rings. The van der Waals surface area contributed by atoms with Crippen LogP contribution in [0.2, 0.25) is 0 Å². The largest absolute Gasteiger partial charge is 0.469 e. The van der Waals surface area contributed by atoms with E-state index in [9.17, 15) is 4.79 Å². The maximum Gasteiger partial charge on any atom is 0.308 e. The van der Waals surface area contributed by atoms with Crippen LogP contribution in [0.15, 0.2) is 28.7 Å². The zero-order valence-electron chi connectivity index (χ0n) is 11.7. The number of esters is 1. The number of halogens is 1. The Morgan fingerprint density at radius 1 is 1.35 bits per heavy atom. The van der Waals surface area contributed by atoms with Gasteiger partial charge in [0.25, 0.3) is 0 Å². The minimum absolute atomic E-state index is 0.127. The van der Waals surface area contributed by atoms with Crippen LogP contribution < -0.4 is 0 Å². The highest BCUT2D eigenvalue weighted by Gasteiger charge is 2.51. The minimum atomic E-state index is -0.277. The van der Waals surface area contributed by atoms with Crippen molar-refractivity contribution >= 4 is 21.9 Å². The van der Waals surface area contributed by atoms with Crippen LogP contribution >= 0.6 is 15.9 Å². The normalized spacial score (nSPS) is 32.1. The minimum Gasteiger partial charge on any atom is -0.469 e. The fourth-order valence-corrected chi connectivity index (χ4v) is 3.92. The van der Waals surface area contributed by atoms with Gasteiger partial charge in [-0.2, -0.15) is 0 Å². The monoisotopic (exact) mass is 338 g/mol. The van der Waals surface area contributed by atoms with Crippen LogP contribution in [0.1, 0.15) is 37.7 Å².